The van der Waals surface area contributed by atoms with Crippen LogP contribution in [0.1, 0.15) is 439 Å². The van der Waals surface area contributed by atoms with Crippen LogP contribution >= 0.6 is 0 Å². The molecule has 0 bridgehead atoms. The second kappa shape index (κ2) is 116. The van der Waals surface area contributed by atoms with Gasteiger partial charge in [0.25, 0.3) is 0 Å². The SMILES string of the molecule is C/C=C/C(=O)OC[C@]1(C)C2CC[C@]3(C)C(CC=C4C5CC(C)(C)[C@@H](OC(=O)/C=C/C)[C@H](O)[C@]5(CO)[C@H](O)C[C@]43C)[C@@]2(C)CC[C@@H]1O.CC.CC.CC.CC.CC.CC.CC.CC.CC.CC.CC.CC.CC.CC.CC.CC.CC.CC.CC.CC.CC.CC.CC.CCC. The zero-order chi connectivity index (χ0) is 82.8. The molecule has 0 heterocycles. The second-order valence-electron chi connectivity index (χ2n) is 17.7. The first-order chi connectivity index (χ1) is 45.8. The highest BCUT2D eigenvalue weighted by Gasteiger charge is 2.73. The second-order valence-corrected chi connectivity index (χ2v) is 17.7. The number of fused-ring (bicyclic) bond motifs is 7. The van der Waals surface area contributed by atoms with Crippen LogP contribution in [0.4, 0.5) is 0 Å². The summed E-state index contributed by atoms with van der Waals surface area (Å²) in [4.78, 5) is 24.9. The number of rotatable bonds is 6. The quantitative estimate of drug-likeness (QED) is 0.117. The molecule has 5 rings (SSSR count). The molecule has 8 nitrogen and oxygen atoms in total. The molecule has 5 aliphatic carbocycles. The number of hydrogen-bond acceptors (Lipinski definition) is 8. The van der Waals surface area contributed by atoms with E-state index in [9.17, 15) is 30.0 Å². The van der Waals surface area contributed by atoms with E-state index in [0.717, 1.165) is 25.7 Å². The van der Waals surface area contributed by atoms with E-state index in [1.807, 2.05) is 332 Å². The molecule has 4 saturated carbocycles. The summed E-state index contributed by atoms with van der Waals surface area (Å²) in [7, 11) is 0. The van der Waals surface area contributed by atoms with Crippen LogP contribution in [0.15, 0.2) is 36.0 Å². The van der Waals surface area contributed by atoms with Gasteiger partial charge in [-0.1, -0.05) is 404 Å². The molecule has 5 aliphatic rings. The Morgan fingerprint density at radius 3 is 1.08 bits per heavy atom. The largest absolute Gasteiger partial charge is 0.462 e. The standard InChI is InChI=1S/C38H58O8.C3H8.23C2H6/c1-9-11-29(42)45-22-35(6)25-15-18-36(7)26(34(25,5)17-16-27(35)40)14-13-23-24-19-33(3,4)32(46-30(43)12-10-2)31(44)38(24,21-39)28(41)20-37(23,36)8;1-3-2;23*1-2/h9-13,24-28,31-32,39-41,44H,14-22H2,1-8H3;3H2,1-2H3;23*1-2H3/b11-9+,12-10+;;;;;;;;;;;;;;;;;;;;;;;;/t24?,25?,26?,27-,28+,31-,32-,34-,35+,36+,37+,38-;;;;;;;;;;;;;;;;;;;;;;;;/m0......................../s1. The highest BCUT2D eigenvalue weighted by atomic mass is 16.6. The molecular formula is C87H204O8. The fourth-order valence-corrected chi connectivity index (χ4v) is 11.8. The topological polar surface area (TPSA) is 134 Å². The Balaban J connectivity index is -0.0000000537. The lowest BCUT2D eigenvalue weighted by Crippen LogP contribution is -2.72. The van der Waals surface area contributed by atoms with Gasteiger partial charge in [0.2, 0.25) is 0 Å². The van der Waals surface area contributed by atoms with Gasteiger partial charge in [0, 0.05) is 23.0 Å². The van der Waals surface area contributed by atoms with Crippen LogP contribution in [-0.2, 0) is 19.1 Å². The molecule has 0 amide bonds. The molecule has 95 heavy (non-hydrogen) atoms. The van der Waals surface area contributed by atoms with Crippen LogP contribution in [0.25, 0.3) is 0 Å². The van der Waals surface area contributed by atoms with Gasteiger partial charge in [0.05, 0.1) is 30.8 Å². The molecule has 0 aromatic carbocycles. The molecule has 12 atom stereocenters. The Kier molecular flexibility index (Phi) is 181. The van der Waals surface area contributed by atoms with Gasteiger partial charge in [-0.25, -0.2) is 9.59 Å². The highest BCUT2D eigenvalue weighted by molar-refractivity contribution is 5.82. The molecule has 600 valence electrons. The van der Waals surface area contributed by atoms with E-state index in [2.05, 4.69) is 47.6 Å². The number of ether oxygens (including phenoxy) is 2. The molecule has 0 radical (unpaired) electrons. The maximum Gasteiger partial charge on any atom is 0.330 e. The van der Waals surface area contributed by atoms with E-state index < -0.39 is 58.7 Å². The van der Waals surface area contributed by atoms with Crippen molar-refractivity contribution in [1.82, 2.24) is 0 Å². The average Bonchev–Trinajstić information content (AvgIpc) is 0.674. The predicted octanol–water partition coefficient (Wildman–Crippen LogP) is 30.3. The van der Waals surface area contributed by atoms with Crippen LogP contribution in [-0.4, -0.2) is 70.0 Å². The monoisotopic (exact) mass is 1380 g/mol. The van der Waals surface area contributed by atoms with E-state index in [1.165, 1.54) is 24.1 Å². The van der Waals surface area contributed by atoms with E-state index in [1.54, 1.807) is 26.0 Å². The van der Waals surface area contributed by atoms with Crippen molar-refractivity contribution in [2.24, 2.45) is 50.2 Å². The minimum Gasteiger partial charge on any atom is -0.462 e. The number of allylic oxidation sites excluding steroid dienone is 4. The van der Waals surface area contributed by atoms with Gasteiger partial charge in [0.1, 0.15) is 12.2 Å². The van der Waals surface area contributed by atoms with Gasteiger partial charge in [-0.15, -0.1) is 0 Å². The number of esters is 2. The Morgan fingerprint density at radius 2 is 0.779 bits per heavy atom. The zero-order valence-electron chi connectivity index (χ0n) is 77.9. The number of carbonyl (C=O) groups excluding carboxylic acids is 2. The maximum atomic E-state index is 12.6. The summed E-state index contributed by atoms with van der Waals surface area (Å²) in [6, 6.07) is 0. The highest BCUT2D eigenvalue weighted by Crippen LogP contribution is 2.76. The Labute approximate surface area is 611 Å². The average molecular weight is 1380 g/mol. The van der Waals surface area contributed by atoms with Crippen LogP contribution in [0.5, 0.6) is 0 Å². The summed E-state index contributed by atoms with van der Waals surface area (Å²) < 4.78 is 11.5. The third-order valence-corrected chi connectivity index (χ3v) is 14.5. The van der Waals surface area contributed by atoms with Crippen LogP contribution in [0.2, 0.25) is 0 Å². The normalized spacial score (nSPS) is 24.9. The summed E-state index contributed by atoms with van der Waals surface area (Å²) in [5.74, 6) is -0.815. The summed E-state index contributed by atoms with van der Waals surface area (Å²) >= 11 is 0. The summed E-state index contributed by atoms with van der Waals surface area (Å²) in [5.41, 5.74) is -1.96. The lowest BCUT2D eigenvalue weighted by Gasteiger charge is -2.72. The lowest BCUT2D eigenvalue weighted by molar-refractivity contribution is -0.262. The molecule has 4 fully saturated rings. The third kappa shape index (κ3) is 50.9. The van der Waals surface area contributed by atoms with Gasteiger partial charge in [-0.05, 0) is 92.8 Å². The summed E-state index contributed by atoms with van der Waals surface area (Å²) in [6.07, 6.45) is 10.9. The van der Waals surface area contributed by atoms with Crippen molar-refractivity contribution in [3.05, 3.63) is 36.0 Å². The van der Waals surface area contributed by atoms with Gasteiger partial charge in [0.15, 0.2) is 0 Å². The molecule has 0 saturated heterocycles. The number of carbonyl (C=O) groups is 2. The van der Waals surface area contributed by atoms with Crippen LogP contribution in [0, 0.1) is 50.2 Å². The maximum absolute atomic E-state index is 12.6. The fourth-order valence-electron chi connectivity index (χ4n) is 11.8. The molecule has 0 spiro atoms. The molecule has 0 aliphatic heterocycles. The van der Waals surface area contributed by atoms with Crippen molar-refractivity contribution in [2.75, 3.05) is 13.2 Å². The first-order valence-electron chi connectivity index (χ1n) is 41.8. The Morgan fingerprint density at radius 1 is 0.463 bits per heavy atom. The minimum absolute atomic E-state index is 0.132. The number of hydrogen-bond donors (Lipinski definition) is 4. The van der Waals surface area contributed by atoms with Gasteiger partial charge >= 0.3 is 11.9 Å². The van der Waals surface area contributed by atoms with Gasteiger partial charge < -0.3 is 29.9 Å². The molecule has 3 unspecified atom stereocenters. The summed E-state index contributed by atoms with van der Waals surface area (Å²) in [6.45, 7) is 113. The smallest absolute Gasteiger partial charge is 0.330 e. The van der Waals surface area contributed by atoms with E-state index in [-0.39, 0.29) is 41.2 Å². The zero-order valence-corrected chi connectivity index (χ0v) is 77.9. The molecule has 4 N–H and O–H groups in total. The number of aliphatic hydroxyl groups is 4. The fraction of sp³-hybridized carbons (Fsp3) is 0.908. The minimum atomic E-state index is -1.25. The van der Waals surface area contributed by atoms with Crippen molar-refractivity contribution < 1.29 is 39.5 Å². The van der Waals surface area contributed by atoms with Crippen LogP contribution < -0.4 is 0 Å². The summed E-state index contributed by atoms with van der Waals surface area (Å²) in [5, 5.41) is 46.6. The first kappa shape index (κ1) is 148. The molecule has 8 heteroatoms. The van der Waals surface area contributed by atoms with E-state index in [0.29, 0.717) is 19.3 Å². The van der Waals surface area contributed by atoms with Crippen molar-refractivity contribution in [3.63, 3.8) is 0 Å². The Hall–Kier alpha value is -2.00. The van der Waals surface area contributed by atoms with Gasteiger partial charge in [-0.3, -0.25) is 0 Å². The van der Waals surface area contributed by atoms with Crippen LogP contribution in [0.3, 0.4) is 0 Å². The molecular weight excluding hydrogens is 1170 g/mol. The van der Waals surface area contributed by atoms with Crippen molar-refractivity contribution in [1.29, 1.82) is 0 Å². The van der Waals surface area contributed by atoms with E-state index >= 15 is 0 Å². The van der Waals surface area contributed by atoms with Crippen molar-refractivity contribution >= 4 is 11.9 Å². The lowest BCUT2D eigenvalue weighted by atomic mass is 9.33. The van der Waals surface area contributed by atoms with Crippen molar-refractivity contribution in [3.8, 4) is 0 Å². The van der Waals surface area contributed by atoms with E-state index in [4.69, 9.17) is 9.47 Å². The number of aliphatic hydroxyl groups excluding tert-OH is 4. The molecule has 0 aromatic rings. The first-order valence-corrected chi connectivity index (χ1v) is 41.8. The van der Waals surface area contributed by atoms with Crippen molar-refractivity contribution in [2.45, 2.75) is 464 Å². The van der Waals surface area contributed by atoms with Gasteiger partial charge in [-0.2, -0.15) is 0 Å². The third-order valence-electron chi connectivity index (χ3n) is 14.5. The predicted molar refractivity (Wildman–Crippen MR) is 452 cm³/mol. The molecule has 0 aromatic heterocycles. The Bertz CT molecular complexity index is 1330.